The van der Waals surface area contributed by atoms with E-state index < -0.39 is 5.82 Å². The molecular weight excluding hydrogens is 259 g/mol. The fourth-order valence-corrected chi connectivity index (χ4v) is 1.69. The van der Waals surface area contributed by atoms with Crippen LogP contribution in [-0.4, -0.2) is 22.1 Å². The molecule has 8 heteroatoms. The lowest BCUT2D eigenvalue weighted by Crippen LogP contribution is -2.25. The fourth-order valence-electron chi connectivity index (χ4n) is 1.69. The quantitative estimate of drug-likeness (QED) is 0.671. The third-order valence-electron chi connectivity index (χ3n) is 2.43. The molecule has 3 rings (SSSR count). The van der Waals surface area contributed by atoms with E-state index in [9.17, 15) is 4.39 Å². The van der Waals surface area contributed by atoms with Crippen molar-refractivity contribution in [2.45, 2.75) is 0 Å². The number of hydrazine groups is 2. The van der Waals surface area contributed by atoms with E-state index >= 15 is 0 Å². The van der Waals surface area contributed by atoms with Crippen LogP contribution in [-0.2, 0) is 0 Å². The van der Waals surface area contributed by atoms with Crippen molar-refractivity contribution in [2.75, 3.05) is 17.9 Å². The lowest BCUT2D eigenvalue weighted by molar-refractivity contribution is 0.504. The van der Waals surface area contributed by atoms with Crippen LogP contribution in [0, 0.1) is 11.2 Å². The highest BCUT2D eigenvalue weighted by Gasteiger charge is 2.17. The third kappa shape index (κ3) is 1.93. The van der Waals surface area contributed by atoms with Crippen LogP contribution < -0.4 is 16.3 Å². The number of rotatable bonds is 0. The Bertz CT molecular complexity index is 676. The van der Waals surface area contributed by atoms with E-state index in [0.29, 0.717) is 22.5 Å². The Kier molecular flexibility index (Phi) is 3.02. The highest BCUT2D eigenvalue weighted by Crippen LogP contribution is 2.21. The number of aromatic nitrogens is 2. The zero-order valence-corrected chi connectivity index (χ0v) is 10.2. The molecule has 0 unspecified atom stereocenters. The van der Waals surface area contributed by atoms with Crippen LogP contribution >= 0.6 is 12.4 Å². The van der Waals surface area contributed by atoms with Crippen molar-refractivity contribution in [1.29, 1.82) is 5.41 Å². The van der Waals surface area contributed by atoms with Crippen LogP contribution in [0.25, 0.3) is 11.0 Å². The summed E-state index contributed by atoms with van der Waals surface area (Å²) in [6.07, 6.45) is 0. The molecule has 0 saturated carbocycles. The maximum absolute atomic E-state index is 13.1. The molecule has 1 aliphatic rings. The minimum absolute atomic E-state index is 0. The second kappa shape index (κ2) is 4.35. The molecule has 1 aliphatic heterocycles. The Balaban J connectivity index is 0.00000120. The predicted octanol–water partition coefficient (Wildman–Crippen LogP) is 1.27. The van der Waals surface area contributed by atoms with Gasteiger partial charge < -0.3 is 0 Å². The summed E-state index contributed by atoms with van der Waals surface area (Å²) in [5.74, 6) is 0.113. The van der Waals surface area contributed by atoms with Crippen LogP contribution in [0.15, 0.2) is 18.2 Å². The smallest absolute Gasteiger partial charge is 0.174 e. The molecule has 0 bridgehead atoms. The average Bonchev–Trinajstić information content (AvgIpc) is 2.58. The van der Waals surface area contributed by atoms with E-state index in [2.05, 4.69) is 20.8 Å². The first kappa shape index (κ1) is 12.5. The molecule has 2 aromatic rings. The van der Waals surface area contributed by atoms with Crippen molar-refractivity contribution < 1.29 is 4.39 Å². The van der Waals surface area contributed by atoms with Gasteiger partial charge in [-0.15, -0.1) is 17.5 Å². The molecule has 1 aromatic carbocycles. The lowest BCUT2D eigenvalue weighted by atomic mass is 10.3. The van der Waals surface area contributed by atoms with Gasteiger partial charge in [-0.2, -0.15) is 0 Å². The second-order valence-corrected chi connectivity index (χ2v) is 3.71. The number of nitrogens with one attached hydrogen (secondary N) is 3. The van der Waals surface area contributed by atoms with Crippen molar-refractivity contribution in [2.24, 2.45) is 0 Å². The number of anilines is 2. The molecule has 1 aromatic heterocycles. The van der Waals surface area contributed by atoms with Gasteiger partial charge in [-0.3, -0.25) is 16.3 Å². The van der Waals surface area contributed by atoms with Gasteiger partial charge in [0, 0.05) is 13.1 Å². The minimum Gasteiger partial charge on any atom is -0.295 e. The van der Waals surface area contributed by atoms with Gasteiger partial charge in [0.2, 0.25) is 0 Å². The van der Waals surface area contributed by atoms with E-state index in [4.69, 9.17) is 5.41 Å². The van der Waals surface area contributed by atoms with Crippen LogP contribution in [0.4, 0.5) is 15.9 Å². The second-order valence-electron chi connectivity index (χ2n) is 3.71. The minimum atomic E-state index is -0.393. The Morgan fingerprint density at radius 3 is 2.78 bits per heavy atom. The summed E-state index contributed by atoms with van der Waals surface area (Å²) in [6.45, 7) is 0. The fraction of sp³-hybridized carbons (Fsp3) is 0.100. The molecule has 0 fully saturated rings. The average molecular weight is 269 g/mol. The van der Waals surface area contributed by atoms with Crippen molar-refractivity contribution in [3.63, 3.8) is 0 Å². The zero-order valence-electron chi connectivity index (χ0n) is 9.36. The highest BCUT2D eigenvalue weighted by molar-refractivity contribution is 5.85. The monoisotopic (exact) mass is 268 g/mol. The molecule has 0 aliphatic carbocycles. The lowest BCUT2D eigenvalue weighted by Gasteiger charge is -2.07. The SMILES string of the molecule is CN1Nc2nc3ccc(F)cc3nc(=N)c2N1.Cl. The normalized spacial score (nSPS) is 13.4. The topological polar surface area (TPSA) is 76.9 Å². The molecule has 2 heterocycles. The van der Waals surface area contributed by atoms with Crippen LogP contribution in [0.3, 0.4) is 0 Å². The zero-order chi connectivity index (χ0) is 12.0. The van der Waals surface area contributed by atoms with Gasteiger partial charge in [0.1, 0.15) is 11.5 Å². The Morgan fingerprint density at radius 1 is 1.22 bits per heavy atom. The highest BCUT2D eigenvalue weighted by atomic mass is 35.5. The molecule has 0 radical (unpaired) electrons. The van der Waals surface area contributed by atoms with Gasteiger partial charge in [-0.1, -0.05) is 0 Å². The summed E-state index contributed by atoms with van der Waals surface area (Å²) >= 11 is 0. The van der Waals surface area contributed by atoms with Crippen molar-refractivity contribution in [3.05, 3.63) is 29.5 Å². The van der Waals surface area contributed by atoms with E-state index in [1.165, 1.54) is 18.2 Å². The van der Waals surface area contributed by atoms with Gasteiger partial charge in [-0.05, 0) is 12.1 Å². The first-order chi connectivity index (χ1) is 8.13. The number of halogens is 2. The largest absolute Gasteiger partial charge is 0.295 e. The molecule has 0 amide bonds. The van der Waals surface area contributed by atoms with E-state index in [-0.39, 0.29) is 17.9 Å². The van der Waals surface area contributed by atoms with Gasteiger partial charge in [0.25, 0.3) is 0 Å². The van der Waals surface area contributed by atoms with Gasteiger partial charge in [-0.25, -0.2) is 14.4 Å². The molecule has 6 nitrogen and oxygen atoms in total. The first-order valence-electron chi connectivity index (χ1n) is 4.97. The third-order valence-corrected chi connectivity index (χ3v) is 2.43. The Labute approximate surface area is 108 Å². The summed E-state index contributed by atoms with van der Waals surface area (Å²) in [4.78, 5) is 8.35. The van der Waals surface area contributed by atoms with Crippen molar-refractivity contribution in [1.82, 2.24) is 15.1 Å². The van der Waals surface area contributed by atoms with Gasteiger partial charge >= 0.3 is 0 Å². The van der Waals surface area contributed by atoms with E-state index in [1.807, 2.05) is 0 Å². The molecule has 0 spiro atoms. The maximum Gasteiger partial charge on any atom is 0.174 e. The van der Waals surface area contributed by atoms with Crippen molar-refractivity contribution in [3.8, 4) is 0 Å². The Hall–Kier alpha value is -1.99. The molecule has 0 atom stereocenters. The molecule has 94 valence electrons. The van der Waals surface area contributed by atoms with E-state index in [1.54, 1.807) is 12.2 Å². The number of nitrogens with zero attached hydrogens (tertiary/aromatic N) is 3. The van der Waals surface area contributed by atoms with Crippen molar-refractivity contribution >= 4 is 34.9 Å². The molecule has 18 heavy (non-hydrogen) atoms. The molecule has 0 saturated heterocycles. The first-order valence-corrected chi connectivity index (χ1v) is 4.97. The summed E-state index contributed by atoms with van der Waals surface area (Å²) in [5.41, 5.74) is 7.20. The van der Waals surface area contributed by atoms with Gasteiger partial charge in [0.05, 0.1) is 11.0 Å². The summed E-state index contributed by atoms with van der Waals surface area (Å²) in [7, 11) is 1.75. The predicted molar refractivity (Wildman–Crippen MR) is 67.6 cm³/mol. The summed E-state index contributed by atoms with van der Waals surface area (Å²) in [6, 6.07) is 4.12. The number of benzene rings is 1. The number of fused-ring (bicyclic) bond motifs is 2. The number of hydrogen-bond acceptors (Lipinski definition) is 6. The maximum atomic E-state index is 13.1. The number of hydrogen-bond donors (Lipinski definition) is 3. The molecular formula is C10H10ClFN6. The Morgan fingerprint density at radius 2 is 2.00 bits per heavy atom. The summed E-state index contributed by atoms with van der Waals surface area (Å²) < 4.78 is 13.1. The van der Waals surface area contributed by atoms with Gasteiger partial charge in [0.15, 0.2) is 11.3 Å². The van der Waals surface area contributed by atoms with Crippen LogP contribution in [0.1, 0.15) is 0 Å². The van der Waals surface area contributed by atoms with Crippen LogP contribution in [0.2, 0.25) is 0 Å². The van der Waals surface area contributed by atoms with Crippen LogP contribution in [0.5, 0.6) is 0 Å². The molecule has 3 N–H and O–H groups in total. The van der Waals surface area contributed by atoms with E-state index in [0.717, 1.165) is 0 Å². The standard InChI is InChI=1S/C10H9FN6.ClH/c1-17-15-8-9(12)13-7-4-5(11)2-3-6(7)14-10(8)16-17;/h2-4,12,15-16H,1H3;1H. The summed E-state index contributed by atoms with van der Waals surface area (Å²) in [5, 5.41) is 9.39.